The van der Waals surface area contributed by atoms with Crippen molar-refractivity contribution in [1.29, 1.82) is 10.5 Å². The molecule has 0 unspecified atom stereocenters. The lowest BCUT2D eigenvalue weighted by Crippen LogP contribution is -1.94. The molecule has 0 spiro atoms. The third-order valence-corrected chi connectivity index (χ3v) is 5.64. The summed E-state index contributed by atoms with van der Waals surface area (Å²) in [7, 11) is 0. The number of aromatic nitrogens is 1. The van der Waals surface area contributed by atoms with Crippen molar-refractivity contribution in [3.8, 4) is 17.8 Å². The quantitative estimate of drug-likeness (QED) is 0.329. The first-order valence-corrected chi connectivity index (χ1v) is 9.57. The van der Waals surface area contributed by atoms with Crippen LogP contribution in [0.15, 0.2) is 83.3 Å². The molecule has 2 heterocycles. The highest BCUT2D eigenvalue weighted by Gasteiger charge is 2.18. The van der Waals surface area contributed by atoms with Gasteiger partial charge in [0.1, 0.15) is 11.2 Å². The molecule has 0 fully saturated rings. The van der Waals surface area contributed by atoms with Crippen molar-refractivity contribution in [2.24, 2.45) is 0 Å². The lowest BCUT2D eigenvalue weighted by molar-refractivity contribution is 0.669. The van der Waals surface area contributed by atoms with Gasteiger partial charge in [-0.2, -0.15) is 10.5 Å². The SMILES string of the molecule is N#Cc1ccc2c(c1)c1cc(C#N)ccc1n2-c1cccc2oc3ccccc3c12. The molecule has 0 radical (unpaired) electrons. The number of nitriles is 2. The van der Waals surface area contributed by atoms with E-state index < -0.39 is 0 Å². The van der Waals surface area contributed by atoms with E-state index in [0.29, 0.717) is 11.1 Å². The van der Waals surface area contributed by atoms with Gasteiger partial charge in [0.15, 0.2) is 0 Å². The summed E-state index contributed by atoms with van der Waals surface area (Å²) >= 11 is 0. The fourth-order valence-electron chi connectivity index (χ4n) is 4.36. The molecule has 6 aromatic rings. The smallest absolute Gasteiger partial charge is 0.137 e. The molecule has 4 heteroatoms. The monoisotopic (exact) mass is 383 g/mol. The van der Waals surface area contributed by atoms with Crippen LogP contribution in [-0.2, 0) is 0 Å². The molecule has 0 atom stereocenters. The number of para-hydroxylation sites is 1. The van der Waals surface area contributed by atoms with Crippen molar-refractivity contribution in [2.45, 2.75) is 0 Å². The van der Waals surface area contributed by atoms with Crippen LogP contribution < -0.4 is 0 Å². The van der Waals surface area contributed by atoms with Crippen LogP contribution >= 0.6 is 0 Å². The second kappa shape index (κ2) is 5.98. The summed E-state index contributed by atoms with van der Waals surface area (Å²) < 4.78 is 8.28. The van der Waals surface area contributed by atoms with Gasteiger partial charge in [-0.1, -0.05) is 24.3 Å². The first-order chi connectivity index (χ1) is 14.8. The third-order valence-electron chi connectivity index (χ3n) is 5.64. The minimum Gasteiger partial charge on any atom is -0.456 e. The molecule has 0 N–H and O–H groups in total. The van der Waals surface area contributed by atoms with Gasteiger partial charge in [-0.25, -0.2) is 0 Å². The number of benzene rings is 4. The van der Waals surface area contributed by atoms with Crippen molar-refractivity contribution >= 4 is 43.7 Å². The van der Waals surface area contributed by atoms with Gasteiger partial charge in [-0.3, -0.25) is 0 Å². The molecule has 30 heavy (non-hydrogen) atoms. The second-order valence-electron chi connectivity index (χ2n) is 7.27. The summed E-state index contributed by atoms with van der Waals surface area (Å²) in [6, 6.07) is 29.9. The predicted molar refractivity (Wildman–Crippen MR) is 117 cm³/mol. The van der Waals surface area contributed by atoms with E-state index in [-0.39, 0.29) is 0 Å². The minimum absolute atomic E-state index is 0.593. The zero-order valence-corrected chi connectivity index (χ0v) is 15.8. The maximum Gasteiger partial charge on any atom is 0.137 e. The van der Waals surface area contributed by atoms with Gasteiger partial charge in [-0.05, 0) is 54.6 Å². The Balaban J connectivity index is 1.84. The van der Waals surface area contributed by atoms with Gasteiger partial charge in [0, 0.05) is 16.2 Å². The van der Waals surface area contributed by atoms with E-state index in [1.54, 1.807) is 0 Å². The van der Waals surface area contributed by atoms with Gasteiger partial charge in [0.05, 0.1) is 45.4 Å². The van der Waals surface area contributed by atoms with Crippen LogP contribution in [0.4, 0.5) is 0 Å². The number of nitrogens with zero attached hydrogens (tertiary/aromatic N) is 3. The standard InChI is InChI=1S/C26H13N3O/c27-14-16-8-10-21-19(12-16)20-13-17(15-28)9-11-22(20)29(21)23-5-3-7-25-26(23)18-4-1-2-6-24(18)30-25/h1-13H. The van der Waals surface area contributed by atoms with Crippen LogP contribution in [-0.4, -0.2) is 4.57 Å². The highest BCUT2D eigenvalue weighted by atomic mass is 16.3. The first-order valence-electron chi connectivity index (χ1n) is 9.57. The van der Waals surface area contributed by atoms with E-state index in [1.165, 1.54) is 0 Å². The number of hydrogen-bond donors (Lipinski definition) is 0. The van der Waals surface area contributed by atoms with E-state index in [4.69, 9.17) is 4.42 Å². The second-order valence-corrected chi connectivity index (χ2v) is 7.27. The van der Waals surface area contributed by atoms with Crippen LogP contribution in [0.5, 0.6) is 0 Å². The molecule has 4 aromatic carbocycles. The number of fused-ring (bicyclic) bond motifs is 6. The van der Waals surface area contributed by atoms with Crippen molar-refractivity contribution < 1.29 is 4.42 Å². The van der Waals surface area contributed by atoms with E-state index in [9.17, 15) is 10.5 Å². The van der Waals surface area contributed by atoms with Crippen molar-refractivity contribution in [3.63, 3.8) is 0 Å². The number of rotatable bonds is 1. The third kappa shape index (κ3) is 2.13. The molecule has 0 bridgehead atoms. The molecule has 0 saturated carbocycles. The highest BCUT2D eigenvalue weighted by Crippen LogP contribution is 2.38. The molecule has 0 aliphatic carbocycles. The summed E-state index contributed by atoms with van der Waals surface area (Å²) in [5, 5.41) is 22.8. The molecule has 6 rings (SSSR count). The van der Waals surface area contributed by atoms with Crippen LogP contribution in [0, 0.1) is 22.7 Å². The van der Waals surface area contributed by atoms with Crippen molar-refractivity contribution in [1.82, 2.24) is 4.57 Å². The lowest BCUT2D eigenvalue weighted by atomic mass is 10.1. The predicted octanol–water partition coefficient (Wildman–Crippen LogP) is 6.43. The molecular formula is C26H13N3O. The topological polar surface area (TPSA) is 65.7 Å². The summed E-state index contributed by atoms with van der Waals surface area (Å²) in [5.41, 5.74) is 5.83. The number of furan rings is 1. The van der Waals surface area contributed by atoms with E-state index in [0.717, 1.165) is 49.4 Å². The minimum atomic E-state index is 0.593. The van der Waals surface area contributed by atoms with Gasteiger partial charge >= 0.3 is 0 Å². The Morgan fingerprint density at radius 1 is 0.633 bits per heavy atom. The number of hydrogen-bond acceptors (Lipinski definition) is 3. The summed E-state index contributed by atoms with van der Waals surface area (Å²) in [6.07, 6.45) is 0. The Morgan fingerprint density at radius 2 is 1.27 bits per heavy atom. The summed E-state index contributed by atoms with van der Waals surface area (Å²) in [5.74, 6) is 0. The zero-order valence-electron chi connectivity index (χ0n) is 15.8. The van der Waals surface area contributed by atoms with Crippen LogP contribution in [0.3, 0.4) is 0 Å². The van der Waals surface area contributed by atoms with E-state index in [2.05, 4.69) is 28.8 Å². The average molecular weight is 383 g/mol. The van der Waals surface area contributed by atoms with Gasteiger partial charge < -0.3 is 8.98 Å². The fourth-order valence-corrected chi connectivity index (χ4v) is 4.36. The Kier molecular flexibility index (Phi) is 3.27. The molecule has 0 aliphatic rings. The zero-order chi connectivity index (χ0) is 20.2. The van der Waals surface area contributed by atoms with Gasteiger partial charge in [-0.15, -0.1) is 0 Å². The van der Waals surface area contributed by atoms with E-state index in [1.807, 2.05) is 66.7 Å². The van der Waals surface area contributed by atoms with Crippen molar-refractivity contribution in [3.05, 3.63) is 90.0 Å². The molecule has 0 amide bonds. The highest BCUT2D eigenvalue weighted by molar-refractivity contribution is 6.14. The molecule has 0 aliphatic heterocycles. The normalized spacial score (nSPS) is 11.3. The van der Waals surface area contributed by atoms with Crippen molar-refractivity contribution in [2.75, 3.05) is 0 Å². The van der Waals surface area contributed by atoms with Gasteiger partial charge in [0.25, 0.3) is 0 Å². The summed E-state index contributed by atoms with van der Waals surface area (Å²) in [4.78, 5) is 0. The Hall–Kier alpha value is -4.54. The molecule has 0 saturated heterocycles. The Labute approximate surface area is 171 Å². The molecular weight excluding hydrogens is 370 g/mol. The van der Waals surface area contributed by atoms with E-state index >= 15 is 0 Å². The van der Waals surface area contributed by atoms with Crippen LogP contribution in [0.2, 0.25) is 0 Å². The van der Waals surface area contributed by atoms with Crippen LogP contribution in [0.1, 0.15) is 11.1 Å². The lowest BCUT2D eigenvalue weighted by Gasteiger charge is -2.09. The molecule has 138 valence electrons. The van der Waals surface area contributed by atoms with Crippen LogP contribution in [0.25, 0.3) is 49.4 Å². The Morgan fingerprint density at radius 3 is 1.93 bits per heavy atom. The maximum atomic E-state index is 9.40. The average Bonchev–Trinajstić information content (AvgIpc) is 3.33. The molecule has 2 aromatic heterocycles. The largest absolute Gasteiger partial charge is 0.456 e. The van der Waals surface area contributed by atoms with Gasteiger partial charge in [0.2, 0.25) is 0 Å². The maximum absolute atomic E-state index is 9.40. The summed E-state index contributed by atoms with van der Waals surface area (Å²) in [6.45, 7) is 0. The molecule has 4 nitrogen and oxygen atoms in total. The fraction of sp³-hybridized carbons (Fsp3) is 0. The Bertz CT molecular complexity index is 1650. The first kappa shape index (κ1) is 16.4.